The van der Waals surface area contributed by atoms with Crippen LogP contribution in [0.3, 0.4) is 0 Å². The van der Waals surface area contributed by atoms with E-state index >= 15 is 0 Å². The van der Waals surface area contributed by atoms with Crippen LogP contribution in [0.5, 0.6) is 0 Å². The van der Waals surface area contributed by atoms with Crippen LogP contribution in [0.15, 0.2) is 28.8 Å². The highest BCUT2D eigenvalue weighted by Crippen LogP contribution is 2.29. The molecule has 0 atom stereocenters. The normalized spacial score (nSPS) is 18.1. The van der Waals surface area contributed by atoms with Crippen LogP contribution in [0.25, 0.3) is 11.4 Å². The van der Waals surface area contributed by atoms with Crippen LogP contribution in [0.4, 0.5) is 0 Å². The van der Waals surface area contributed by atoms with E-state index in [0.29, 0.717) is 43.7 Å². The third kappa shape index (κ3) is 2.84. The Morgan fingerprint density at radius 1 is 1.14 bits per heavy atom. The summed E-state index contributed by atoms with van der Waals surface area (Å²) in [5.74, 6) is 1.61. The van der Waals surface area contributed by atoms with Crippen molar-refractivity contribution in [3.63, 3.8) is 0 Å². The lowest BCUT2D eigenvalue weighted by Crippen LogP contribution is -2.42. The van der Waals surface area contributed by atoms with E-state index in [1.807, 2.05) is 12.1 Å². The van der Waals surface area contributed by atoms with Gasteiger partial charge in [-0.3, -0.25) is 0 Å². The Labute approximate surface area is 124 Å². The Morgan fingerprint density at radius 3 is 2.43 bits per heavy atom. The maximum absolute atomic E-state index is 6.36. The molecule has 112 valence electrons. The molecule has 0 amide bonds. The molecule has 21 heavy (non-hydrogen) atoms. The van der Waals surface area contributed by atoms with Gasteiger partial charge >= 0.3 is 0 Å². The predicted octanol–water partition coefficient (Wildman–Crippen LogP) is 2.82. The summed E-state index contributed by atoms with van der Waals surface area (Å²) in [6, 6.07) is 8.25. The average molecular weight is 287 g/mol. The van der Waals surface area contributed by atoms with E-state index in [1.54, 1.807) is 0 Å². The topological polar surface area (TPSA) is 74.2 Å². The lowest BCUT2D eigenvalue weighted by atomic mass is 9.91. The smallest absolute Gasteiger partial charge is 0.247 e. The number of aromatic nitrogens is 2. The molecule has 1 aliphatic rings. The first-order valence-electron chi connectivity index (χ1n) is 7.40. The third-order valence-electron chi connectivity index (χ3n) is 4.07. The van der Waals surface area contributed by atoms with Crippen LogP contribution in [-0.4, -0.2) is 23.4 Å². The molecular formula is C16H21N3O2. The summed E-state index contributed by atoms with van der Waals surface area (Å²) in [5, 5.41) is 4.07. The highest BCUT2D eigenvalue weighted by atomic mass is 16.5. The van der Waals surface area contributed by atoms with Gasteiger partial charge in [0.1, 0.15) is 5.54 Å². The van der Waals surface area contributed by atoms with Gasteiger partial charge in [0.05, 0.1) is 0 Å². The van der Waals surface area contributed by atoms with Gasteiger partial charge in [-0.05, 0) is 24.3 Å². The molecule has 2 aromatic rings. The van der Waals surface area contributed by atoms with Crippen LogP contribution in [-0.2, 0) is 10.3 Å². The van der Waals surface area contributed by atoms with Crippen LogP contribution < -0.4 is 5.73 Å². The summed E-state index contributed by atoms with van der Waals surface area (Å²) in [7, 11) is 0. The monoisotopic (exact) mass is 287 g/mol. The Kier molecular flexibility index (Phi) is 3.78. The number of nitrogens with two attached hydrogens (primary N) is 1. The van der Waals surface area contributed by atoms with Crippen molar-refractivity contribution < 1.29 is 9.26 Å². The fraction of sp³-hybridized carbons (Fsp3) is 0.500. The number of rotatable bonds is 3. The highest BCUT2D eigenvalue weighted by molar-refractivity contribution is 5.55. The number of ether oxygens (including phenoxy) is 1. The summed E-state index contributed by atoms with van der Waals surface area (Å²) in [6.07, 6.45) is 1.42. The first-order valence-corrected chi connectivity index (χ1v) is 7.40. The summed E-state index contributed by atoms with van der Waals surface area (Å²) in [5.41, 5.74) is 8.05. The molecule has 0 bridgehead atoms. The molecule has 3 rings (SSSR count). The highest BCUT2D eigenvalue weighted by Gasteiger charge is 2.35. The molecule has 2 heterocycles. The van der Waals surface area contributed by atoms with Crippen molar-refractivity contribution in [2.24, 2.45) is 5.73 Å². The SMILES string of the molecule is CC(C)c1ccc(-c2noc(C3(N)CCOCC3)n2)cc1. The molecule has 0 unspecified atom stereocenters. The molecule has 0 aliphatic carbocycles. The van der Waals surface area contributed by atoms with Crippen LogP contribution in [0.2, 0.25) is 0 Å². The van der Waals surface area contributed by atoms with Gasteiger partial charge in [-0.15, -0.1) is 0 Å². The molecule has 1 fully saturated rings. The van der Waals surface area contributed by atoms with Crippen molar-refractivity contribution in [1.29, 1.82) is 0 Å². The molecule has 1 aromatic heterocycles. The predicted molar refractivity (Wildman–Crippen MR) is 79.7 cm³/mol. The minimum atomic E-state index is -0.554. The van der Waals surface area contributed by atoms with E-state index in [-0.39, 0.29) is 0 Å². The van der Waals surface area contributed by atoms with E-state index in [0.717, 1.165) is 5.56 Å². The minimum Gasteiger partial charge on any atom is -0.381 e. The van der Waals surface area contributed by atoms with Crippen molar-refractivity contribution in [3.05, 3.63) is 35.7 Å². The van der Waals surface area contributed by atoms with Crippen LogP contribution in [0, 0.1) is 0 Å². The molecule has 0 saturated carbocycles. The minimum absolute atomic E-state index is 0.508. The Balaban J connectivity index is 1.84. The molecule has 5 heteroatoms. The number of nitrogens with zero attached hydrogens (tertiary/aromatic N) is 2. The van der Waals surface area contributed by atoms with Gasteiger partial charge in [-0.2, -0.15) is 4.98 Å². The van der Waals surface area contributed by atoms with Crippen molar-refractivity contribution in [2.75, 3.05) is 13.2 Å². The quantitative estimate of drug-likeness (QED) is 0.939. The van der Waals surface area contributed by atoms with Crippen LogP contribution >= 0.6 is 0 Å². The summed E-state index contributed by atoms with van der Waals surface area (Å²) < 4.78 is 10.7. The maximum Gasteiger partial charge on any atom is 0.247 e. The van der Waals surface area contributed by atoms with Gasteiger partial charge in [0.15, 0.2) is 0 Å². The Bertz CT molecular complexity index is 598. The third-order valence-corrected chi connectivity index (χ3v) is 4.07. The van der Waals surface area contributed by atoms with Gasteiger partial charge in [0, 0.05) is 18.8 Å². The van der Waals surface area contributed by atoms with Crippen molar-refractivity contribution in [3.8, 4) is 11.4 Å². The maximum atomic E-state index is 6.36. The molecular weight excluding hydrogens is 266 g/mol. The first kappa shape index (κ1) is 14.2. The fourth-order valence-electron chi connectivity index (χ4n) is 2.51. The van der Waals surface area contributed by atoms with Gasteiger partial charge in [0.2, 0.25) is 11.7 Å². The van der Waals surface area contributed by atoms with Gasteiger partial charge < -0.3 is 15.0 Å². The zero-order chi connectivity index (χ0) is 14.9. The largest absolute Gasteiger partial charge is 0.381 e. The molecule has 0 spiro atoms. The van der Waals surface area contributed by atoms with Crippen molar-refractivity contribution in [1.82, 2.24) is 10.1 Å². The number of hydrogen-bond donors (Lipinski definition) is 1. The number of benzene rings is 1. The molecule has 5 nitrogen and oxygen atoms in total. The van der Waals surface area contributed by atoms with E-state index < -0.39 is 5.54 Å². The second-order valence-corrected chi connectivity index (χ2v) is 5.97. The lowest BCUT2D eigenvalue weighted by molar-refractivity contribution is 0.0400. The van der Waals surface area contributed by atoms with Gasteiger partial charge in [0.25, 0.3) is 0 Å². The molecule has 1 saturated heterocycles. The molecule has 1 aromatic carbocycles. The Hall–Kier alpha value is -1.72. The van der Waals surface area contributed by atoms with Gasteiger partial charge in [-0.25, -0.2) is 0 Å². The van der Waals surface area contributed by atoms with E-state index in [1.165, 1.54) is 5.56 Å². The fourth-order valence-corrected chi connectivity index (χ4v) is 2.51. The standard InChI is InChI=1S/C16H21N3O2/c1-11(2)12-3-5-13(6-4-12)14-18-15(21-19-14)16(17)7-9-20-10-8-16/h3-6,11H,7-10,17H2,1-2H3. The molecule has 2 N–H and O–H groups in total. The number of hydrogen-bond acceptors (Lipinski definition) is 5. The van der Waals surface area contributed by atoms with E-state index in [4.69, 9.17) is 15.0 Å². The van der Waals surface area contributed by atoms with E-state index in [9.17, 15) is 0 Å². The van der Waals surface area contributed by atoms with Crippen LogP contribution in [0.1, 0.15) is 44.1 Å². The summed E-state index contributed by atoms with van der Waals surface area (Å²) >= 11 is 0. The second-order valence-electron chi connectivity index (χ2n) is 5.97. The average Bonchev–Trinajstić information content (AvgIpc) is 2.99. The summed E-state index contributed by atoms with van der Waals surface area (Å²) in [6.45, 7) is 5.62. The molecule has 1 aliphatic heterocycles. The van der Waals surface area contributed by atoms with Crippen molar-refractivity contribution in [2.45, 2.75) is 38.1 Å². The Morgan fingerprint density at radius 2 is 1.81 bits per heavy atom. The second kappa shape index (κ2) is 5.58. The molecule has 0 radical (unpaired) electrons. The van der Waals surface area contributed by atoms with Gasteiger partial charge in [-0.1, -0.05) is 43.3 Å². The zero-order valence-electron chi connectivity index (χ0n) is 12.5. The summed E-state index contributed by atoms with van der Waals surface area (Å²) in [4.78, 5) is 4.49. The first-order chi connectivity index (χ1) is 10.1. The zero-order valence-corrected chi connectivity index (χ0v) is 12.5. The van der Waals surface area contributed by atoms with E-state index in [2.05, 4.69) is 36.1 Å². The van der Waals surface area contributed by atoms with Crippen molar-refractivity contribution >= 4 is 0 Å². The lowest BCUT2D eigenvalue weighted by Gasteiger charge is -2.29.